The van der Waals surface area contributed by atoms with E-state index in [1.165, 1.54) is 6.42 Å². The molecule has 1 fully saturated rings. The van der Waals surface area contributed by atoms with Crippen LogP contribution in [-0.4, -0.2) is 17.1 Å². The van der Waals surface area contributed by atoms with Gasteiger partial charge in [0.1, 0.15) is 5.03 Å². The Labute approximate surface area is 176 Å². The van der Waals surface area contributed by atoms with Crippen LogP contribution in [0.1, 0.15) is 44.2 Å². The summed E-state index contributed by atoms with van der Waals surface area (Å²) in [4.78, 5) is 6.94. The largest absolute Gasteiger partial charge is 0.364 e. The third kappa shape index (κ3) is 5.08. The number of allylic oxidation sites excluding steroid dienone is 1. The van der Waals surface area contributed by atoms with E-state index >= 15 is 0 Å². The van der Waals surface area contributed by atoms with E-state index in [4.69, 9.17) is 11.6 Å². The summed E-state index contributed by atoms with van der Waals surface area (Å²) in [6.45, 7) is 8.87. The van der Waals surface area contributed by atoms with Crippen molar-refractivity contribution in [1.82, 2.24) is 9.71 Å². The number of nitrogens with one attached hydrogen (secondary N) is 1. The first-order valence-corrected chi connectivity index (χ1v) is 10.7. The fourth-order valence-electron chi connectivity index (χ4n) is 3.11. The normalized spacial score (nSPS) is 13.8. The molecular weight excluding hydrogens is 388 g/mol. The number of halogens is 1. The van der Waals surface area contributed by atoms with Crippen molar-refractivity contribution in [2.24, 2.45) is 0 Å². The molecule has 6 heteroatoms. The molecule has 3 rings (SSSR count). The Hall–Kier alpha value is -2.00. The van der Waals surface area contributed by atoms with Gasteiger partial charge in [0, 0.05) is 41.1 Å². The van der Waals surface area contributed by atoms with Crippen LogP contribution < -0.4 is 9.62 Å². The Balaban J connectivity index is 1.84. The zero-order valence-corrected chi connectivity index (χ0v) is 17.9. The van der Waals surface area contributed by atoms with E-state index in [-0.39, 0.29) is 0 Å². The minimum absolute atomic E-state index is 0.400. The van der Waals surface area contributed by atoms with Crippen molar-refractivity contribution in [2.75, 3.05) is 4.90 Å². The molecule has 4 nitrogen and oxygen atoms in total. The number of nitriles is 1. The third-order valence-corrected chi connectivity index (χ3v) is 6.07. The first-order chi connectivity index (χ1) is 13.5. The summed E-state index contributed by atoms with van der Waals surface area (Å²) in [7, 11) is 0. The molecule has 28 heavy (non-hydrogen) atoms. The van der Waals surface area contributed by atoms with Crippen LogP contribution in [0, 0.1) is 11.3 Å². The predicted molar refractivity (Wildman–Crippen MR) is 118 cm³/mol. The molecule has 1 heterocycles. The number of rotatable bonds is 8. The lowest BCUT2D eigenvalue weighted by atomic mass is 9.89. The standard InChI is InChI=1S/C22H25ClN4S/c1-15(2)26-28-22-10-7-17(13-25-22)14-27(19-5-4-6-19)21-9-8-18(23)11-20(21)16(3)12-24/h7-11,13,15,19,26H,3-6,14H2,1-2H3. The molecule has 1 aliphatic carbocycles. The molecule has 0 amide bonds. The molecule has 146 valence electrons. The predicted octanol–water partition coefficient (Wildman–Crippen LogP) is 5.84. The van der Waals surface area contributed by atoms with Crippen molar-refractivity contribution >= 4 is 34.8 Å². The molecule has 2 aromatic rings. The monoisotopic (exact) mass is 412 g/mol. The van der Waals surface area contributed by atoms with Crippen LogP contribution in [-0.2, 0) is 6.54 Å². The number of hydrogen-bond acceptors (Lipinski definition) is 5. The fourth-order valence-corrected chi connectivity index (χ4v) is 3.88. The quantitative estimate of drug-likeness (QED) is 0.436. The highest BCUT2D eigenvalue weighted by atomic mass is 35.5. The van der Waals surface area contributed by atoms with Gasteiger partial charge in [-0.25, -0.2) is 4.98 Å². The van der Waals surface area contributed by atoms with Gasteiger partial charge < -0.3 is 4.90 Å². The SMILES string of the molecule is C=C(C#N)c1cc(Cl)ccc1N(Cc1ccc(SNC(C)C)nc1)C1CCC1. The number of aromatic nitrogens is 1. The van der Waals surface area contributed by atoms with E-state index in [9.17, 15) is 5.26 Å². The molecule has 0 unspecified atom stereocenters. The summed E-state index contributed by atoms with van der Waals surface area (Å²) in [5, 5.41) is 10.9. The molecule has 0 bridgehead atoms. The lowest BCUT2D eigenvalue weighted by molar-refractivity contribution is 0.384. The Morgan fingerprint density at radius 3 is 2.75 bits per heavy atom. The van der Waals surface area contributed by atoms with E-state index in [1.807, 2.05) is 30.5 Å². The molecule has 1 aliphatic rings. The summed E-state index contributed by atoms with van der Waals surface area (Å²) in [5.41, 5.74) is 3.40. The lowest BCUT2D eigenvalue weighted by Crippen LogP contribution is -2.40. The van der Waals surface area contributed by atoms with Crippen molar-refractivity contribution in [3.05, 3.63) is 59.3 Å². The van der Waals surface area contributed by atoms with Gasteiger partial charge in [0.05, 0.1) is 11.6 Å². The second-order valence-electron chi connectivity index (χ2n) is 7.34. The molecule has 0 spiro atoms. The molecule has 0 atom stereocenters. The zero-order valence-electron chi connectivity index (χ0n) is 16.3. The second kappa shape index (κ2) is 9.47. The van der Waals surface area contributed by atoms with Gasteiger partial charge in [-0.15, -0.1) is 0 Å². The van der Waals surface area contributed by atoms with E-state index in [2.05, 4.69) is 47.2 Å². The van der Waals surface area contributed by atoms with Gasteiger partial charge in [0.2, 0.25) is 0 Å². The first-order valence-electron chi connectivity index (χ1n) is 9.51. The summed E-state index contributed by atoms with van der Waals surface area (Å²) < 4.78 is 3.31. The highest BCUT2D eigenvalue weighted by Crippen LogP contribution is 2.36. The minimum Gasteiger partial charge on any atom is -0.364 e. The fraction of sp³-hybridized carbons (Fsp3) is 0.364. The van der Waals surface area contributed by atoms with Gasteiger partial charge in [-0.1, -0.05) is 24.2 Å². The van der Waals surface area contributed by atoms with Gasteiger partial charge >= 0.3 is 0 Å². The van der Waals surface area contributed by atoms with Crippen LogP contribution in [0.2, 0.25) is 5.02 Å². The van der Waals surface area contributed by atoms with Gasteiger partial charge in [0.15, 0.2) is 0 Å². The number of pyridine rings is 1. The summed E-state index contributed by atoms with van der Waals surface area (Å²) in [5.74, 6) is 0. The van der Waals surface area contributed by atoms with Crippen LogP contribution in [0.25, 0.3) is 5.57 Å². The Bertz CT molecular complexity index is 869. The van der Waals surface area contributed by atoms with Crippen molar-refractivity contribution in [1.29, 1.82) is 5.26 Å². The van der Waals surface area contributed by atoms with Gasteiger partial charge in [-0.05, 0) is 74.9 Å². The Kier molecular flexibility index (Phi) is 7.01. The molecule has 0 saturated heterocycles. The summed E-state index contributed by atoms with van der Waals surface area (Å²) in [6, 6.07) is 12.9. The first kappa shape index (κ1) is 20.7. The number of hydrogen-bond donors (Lipinski definition) is 1. The average molecular weight is 413 g/mol. The van der Waals surface area contributed by atoms with Crippen molar-refractivity contribution < 1.29 is 0 Å². The van der Waals surface area contributed by atoms with E-state index in [1.54, 1.807) is 11.9 Å². The highest BCUT2D eigenvalue weighted by Gasteiger charge is 2.27. The van der Waals surface area contributed by atoms with Crippen LogP contribution in [0.15, 0.2) is 48.1 Å². The molecule has 1 aromatic heterocycles. The Morgan fingerprint density at radius 2 is 2.18 bits per heavy atom. The maximum absolute atomic E-state index is 9.38. The van der Waals surface area contributed by atoms with Crippen molar-refractivity contribution in [3.63, 3.8) is 0 Å². The van der Waals surface area contributed by atoms with Crippen LogP contribution in [0.3, 0.4) is 0 Å². The Morgan fingerprint density at radius 1 is 1.39 bits per heavy atom. The van der Waals surface area contributed by atoms with E-state index in [0.29, 0.717) is 22.7 Å². The number of benzene rings is 1. The van der Waals surface area contributed by atoms with Gasteiger partial charge in [0.25, 0.3) is 0 Å². The lowest BCUT2D eigenvalue weighted by Gasteiger charge is -2.40. The van der Waals surface area contributed by atoms with Gasteiger partial charge in [-0.3, -0.25) is 4.72 Å². The number of nitrogens with zero attached hydrogens (tertiary/aromatic N) is 3. The van der Waals surface area contributed by atoms with Crippen LogP contribution in [0.5, 0.6) is 0 Å². The molecule has 0 aliphatic heterocycles. The van der Waals surface area contributed by atoms with Crippen molar-refractivity contribution in [3.8, 4) is 6.07 Å². The molecule has 1 N–H and O–H groups in total. The molecule has 1 aromatic carbocycles. The van der Waals surface area contributed by atoms with Crippen molar-refractivity contribution in [2.45, 2.75) is 56.8 Å². The molecule has 1 saturated carbocycles. The highest BCUT2D eigenvalue weighted by molar-refractivity contribution is 7.97. The van der Waals surface area contributed by atoms with E-state index < -0.39 is 0 Å². The average Bonchev–Trinajstić information content (AvgIpc) is 2.64. The van der Waals surface area contributed by atoms with E-state index in [0.717, 1.165) is 41.2 Å². The molecular formula is C22H25ClN4S. The van der Waals surface area contributed by atoms with Crippen LogP contribution in [0.4, 0.5) is 5.69 Å². The smallest absolute Gasteiger partial charge is 0.111 e. The van der Waals surface area contributed by atoms with Gasteiger partial charge in [-0.2, -0.15) is 5.26 Å². The maximum Gasteiger partial charge on any atom is 0.111 e. The minimum atomic E-state index is 0.400. The summed E-state index contributed by atoms with van der Waals surface area (Å²) in [6.07, 6.45) is 5.48. The number of anilines is 1. The topological polar surface area (TPSA) is 52.0 Å². The maximum atomic E-state index is 9.38. The second-order valence-corrected chi connectivity index (χ2v) is 8.64. The molecule has 0 radical (unpaired) electrons. The summed E-state index contributed by atoms with van der Waals surface area (Å²) >= 11 is 7.74. The zero-order chi connectivity index (χ0) is 20.1. The third-order valence-electron chi connectivity index (χ3n) is 4.79. The van der Waals surface area contributed by atoms with Crippen LogP contribution >= 0.6 is 23.5 Å².